The largest absolute Gasteiger partial charge is 0.453 e. The summed E-state index contributed by atoms with van der Waals surface area (Å²) in [5.74, 6) is 0.799. The number of hydrogen-bond acceptors (Lipinski definition) is 6. The molecule has 43 heavy (non-hydrogen) atoms. The van der Waals surface area contributed by atoms with Crippen LogP contribution in [0, 0.1) is 34.5 Å². The van der Waals surface area contributed by atoms with Crippen molar-refractivity contribution in [3.8, 4) is 0 Å². The number of fused-ring (bicyclic) bond motifs is 3. The Labute approximate surface area is 255 Å². The Morgan fingerprint density at radius 1 is 1.09 bits per heavy atom. The van der Waals surface area contributed by atoms with Gasteiger partial charge in [-0.1, -0.05) is 74.4 Å². The van der Waals surface area contributed by atoms with Gasteiger partial charge in [-0.25, -0.2) is 4.79 Å². The van der Waals surface area contributed by atoms with Crippen LogP contribution >= 0.6 is 0 Å². The van der Waals surface area contributed by atoms with Crippen LogP contribution in [0.1, 0.15) is 99.0 Å². The first-order valence-electron chi connectivity index (χ1n) is 16.8. The van der Waals surface area contributed by atoms with Crippen LogP contribution < -0.4 is 5.73 Å². The molecule has 8 unspecified atom stereocenters. The van der Waals surface area contributed by atoms with E-state index in [2.05, 4.69) is 37.3 Å². The van der Waals surface area contributed by atoms with Gasteiger partial charge in [0, 0.05) is 17.9 Å². The first-order chi connectivity index (χ1) is 21.0. The van der Waals surface area contributed by atoms with Crippen molar-refractivity contribution in [2.75, 3.05) is 6.54 Å². The molecule has 2 aliphatic heterocycles. The lowest BCUT2D eigenvalue weighted by Gasteiger charge is -2.69. The minimum Gasteiger partial charge on any atom is -0.453 e. The fourth-order valence-corrected chi connectivity index (χ4v) is 10.5. The third-order valence-corrected chi connectivity index (χ3v) is 12.0. The van der Waals surface area contributed by atoms with Crippen LogP contribution in [0.3, 0.4) is 0 Å². The molecule has 1 aromatic rings. The molecular weight excluding hydrogens is 538 g/mol. The van der Waals surface area contributed by atoms with Crippen molar-refractivity contribution in [1.29, 1.82) is 0 Å². The van der Waals surface area contributed by atoms with Gasteiger partial charge in [0.1, 0.15) is 5.41 Å². The van der Waals surface area contributed by atoms with E-state index in [0.29, 0.717) is 62.0 Å². The van der Waals surface area contributed by atoms with E-state index >= 15 is 0 Å². The number of carbonyl (C=O) groups excluding carboxylic acids is 3. The smallest absolute Gasteiger partial charge is 0.339 e. The summed E-state index contributed by atoms with van der Waals surface area (Å²) < 4.78 is 12.8. The van der Waals surface area contributed by atoms with E-state index in [0.717, 1.165) is 36.8 Å². The molecule has 2 saturated carbocycles. The molecule has 8 atom stereocenters. The predicted octanol–water partition coefficient (Wildman–Crippen LogP) is 6.52. The first kappa shape index (κ1) is 28.8. The lowest BCUT2D eigenvalue weighted by molar-refractivity contribution is -0.291. The predicted molar refractivity (Wildman–Crippen MR) is 164 cm³/mol. The highest BCUT2D eigenvalue weighted by Crippen LogP contribution is 2.83. The average Bonchev–Trinajstić information content (AvgIpc) is 3.48. The SMILES string of the molecule is CCCC1C23C=CCCC2(C(C(=O)CCCC2CCCC4C=CC=CC42)OC3=O)C12OC(=O)c1c(CCCN)cccc12. The second-order valence-corrected chi connectivity index (χ2v) is 13.8. The molecule has 7 rings (SSSR count). The number of carbonyl (C=O) groups is 3. The third kappa shape index (κ3) is 3.77. The number of ketones is 1. The molecule has 2 heterocycles. The number of benzene rings is 1. The molecule has 1 saturated heterocycles. The maximum absolute atomic E-state index is 14.3. The van der Waals surface area contributed by atoms with Crippen molar-refractivity contribution >= 4 is 17.7 Å². The van der Waals surface area contributed by atoms with E-state index in [1.807, 2.05) is 24.3 Å². The van der Waals surface area contributed by atoms with Gasteiger partial charge in [0.2, 0.25) is 0 Å². The maximum atomic E-state index is 14.3. The summed E-state index contributed by atoms with van der Waals surface area (Å²) in [5, 5.41) is 0. The minimum absolute atomic E-state index is 0.0184. The van der Waals surface area contributed by atoms with Crippen LogP contribution in [0.4, 0.5) is 0 Å². The quantitative estimate of drug-likeness (QED) is 0.249. The van der Waals surface area contributed by atoms with E-state index < -0.39 is 22.5 Å². The molecule has 228 valence electrons. The minimum atomic E-state index is -1.05. The van der Waals surface area contributed by atoms with Gasteiger partial charge < -0.3 is 15.2 Å². The van der Waals surface area contributed by atoms with E-state index in [4.69, 9.17) is 15.2 Å². The summed E-state index contributed by atoms with van der Waals surface area (Å²) in [6, 6.07) is 5.98. The van der Waals surface area contributed by atoms with Crippen LogP contribution in [-0.2, 0) is 31.1 Å². The highest BCUT2D eigenvalue weighted by Gasteiger charge is 2.92. The number of Topliss-reactive ketones (excluding diaryl/α,β-unsaturated/α-hetero) is 1. The Balaban J connectivity index is 1.23. The van der Waals surface area contributed by atoms with Gasteiger partial charge in [0.05, 0.1) is 11.0 Å². The zero-order valence-electron chi connectivity index (χ0n) is 25.4. The lowest BCUT2D eigenvalue weighted by Crippen LogP contribution is -2.77. The zero-order valence-corrected chi connectivity index (χ0v) is 25.4. The number of esters is 2. The normalized spacial score (nSPS) is 38.1. The number of ether oxygens (including phenoxy) is 2. The van der Waals surface area contributed by atoms with E-state index in [1.165, 1.54) is 19.3 Å². The molecule has 0 amide bonds. The van der Waals surface area contributed by atoms with Crippen LogP contribution in [-0.4, -0.2) is 30.4 Å². The fraction of sp³-hybridized carbons (Fsp3) is 0.595. The highest BCUT2D eigenvalue weighted by molar-refractivity contribution is 6.01. The van der Waals surface area contributed by atoms with Crippen molar-refractivity contribution < 1.29 is 23.9 Å². The second-order valence-electron chi connectivity index (χ2n) is 13.8. The van der Waals surface area contributed by atoms with E-state index in [-0.39, 0.29) is 23.6 Å². The number of hydrogen-bond donors (Lipinski definition) is 1. The summed E-state index contributed by atoms with van der Waals surface area (Å²) >= 11 is 0. The molecular formula is C37H45NO5. The van der Waals surface area contributed by atoms with Crippen LogP contribution in [0.2, 0.25) is 0 Å². The lowest BCUT2D eigenvalue weighted by atomic mass is 9.31. The fourth-order valence-electron chi connectivity index (χ4n) is 10.5. The molecule has 1 spiro atoms. The zero-order chi connectivity index (χ0) is 29.8. The summed E-state index contributed by atoms with van der Waals surface area (Å²) in [7, 11) is 0. The van der Waals surface area contributed by atoms with Gasteiger partial charge in [0.25, 0.3) is 0 Å². The molecule has 0 radical (unpaired) electrons. The van der Waals surface area contributed by atoms with Crippen LogP contribution in [0.15, 0.2) is 54.7 Å². The average molecular weight is 584 g/mol. The Morgan fingerprint density at radius 3 is 2.79 bits per heavy atom. The Morgan fingerprint density at radius 2 is 1.95 bits per heavy atom. The van der Waals surface area contributed by atoms with Crippen molar-refractivity contribution in [3.63, 3.8) is 0 Å². The topological polar surface area (TPSA) is 95.7 Å². The molecule has 0 bridgehead atoms. The van der Waals surface area contributed by atoms with Crippen molar-refractivity contribution in [3.05, 3.63) is 71.3 Å². The monoisotopic (exact) mass is 583 g/mol. The third-order valence-electron chi connectivity index (χ3n) is 12.0. The summed E-state index contributed by atoms with van der Waals surface area (Å²) in [5.41, 5.74) is 5.29. The summed E-state index contributed by atoms with van der Waals surface area (Å²) in [6.45, 7) is 2.64. The van der Waals surface area contributed by atoms with Crippen molar-refractivity contribution in [1.82, 2.24) is 0 Å². The first-order valence-corrected chi connectivity index (χ1v) is 16.8. The van der Waals surface area contributed by atoms with Gasteiger partial charge in [-0.3, -0.25) is 9.59 Å². The molecule has 3 fully saturated rings. The van der Waals surface area contributed by atoms with E-state index in [1.54, 1.807) is 0 Å². The Bertz CT molecular complexity index is 1410. The molecule has 6 nitrogen and oxygen atoms in total. The summed E-state index contributed by atoms with van der Waals surface area (Å²) in [4.78, 5) is 42.1. The number of aryl methyl sites for hydroxylation is 1. The molecule has 6 heteroatoms. The van der Waals surface area contributed by atoms with Gasteiger partial charge in [0.15, 0.2) is 17.5 Å². The van der Waals surface area contributed by atoms with E-state index in [9.17, 15) is 14.4 Å². The molecule has 4 aliphatic carbocycles. The van der Waals surface area contributed by atoms with Gasteiger partial charge >= 0.3 is 11.9 Å². The number of rotatable bonds is 10. The highest BCUT2D eigenvalue weighted by atomic mass is 16.6. The number of nitrogens with two attached hydrogens (primary N) is 1. The Kier molecular flexibility index (Phi) is 7.27. The molecule has 2 N–H and O–H groups in total. The van der Waals surface area contributed by atoms with Crippen LogP contribution in [0.5, 0.6) is 0 Å². The van der Waals surface area contributed by atoms with Crippen molar-refractivity contribution in [2.24, 2.45) is 40.2 Å². The molecule has 1 aromatic carbocycles. The van der Waals surface area contributed by atoms with Crippen LogP contribution in [0.25, 0.3) is 0 Å². The Hall–Kier alpha value is -2.99. The number of cyclic esters (lactones) is 1. The number of allylic oxidation sites excluding steroid dienone is 5. The molecule has 6 aliphatic rings. The van der Waals surface area contributed by atoms with Gasteiger partial charge in [-0.2, -0.15) is 0 Å². The molecule has 0 aromatic heterocycles. The second kappa shape index (κ2) is 10.9. The van der Waals surface area contributed by atoms with Crippen molar-refractivity contribution in [2.45, 2.75) is 95.7 Å². The standard InChI is InChI=1S/C37H45NO5/c1-2-11-30-35-21-5-6-22-36(35,37(30)28-19-8-16-26(17-10-23-38)31(28)33(40)43-37)32(42-34(35)41)29(39)20-9-15-25-14-7-13-24-12-3-4-18-27(24)25/h3-5,8,12,16,18-19,21,24-25,27,30,32H,2,6-7,9-11,13-15,17,20,22-23,38H2,1H3. The van der Waals surface area contributed by atoms with Gasteiger partial charge in [-0.05, 0) is 87.6 Å². The summed E-state index contributed by atoms with van der Waals surface area (Å²) in [6.07, 6.45) is 22.3. The maximum Gasteiger partial charge on any atom is 0.339 e. The van der Waals surface area contributed by atoms with Gasteiger partial charge in [-0.15, -0.1) is 0 Å².